The summed E-state index contributed by atoms with van der Waals surface area (Å²) in [5.41, 5.74) is 2.47. The molecule has 0 radical (unpaired) electrons. The number of hydrogen-bond acceptors (Lipinski definition) is 8. The molecule has 0 spiro atoms. The number of nitrogens with one attached hydrogen (secondary N) is 1. The van der Waals surface area contributed by atoms with Crippen LogP contribution in [0.5, 0.6) is 5.75 Å². The van der Waals surface area contributed by atoms with Crippen LogP contribution in [-0.4, -0.2) is 31.1 Å². The summed E-state index contributed by atoms with van der Waals surface area (Å²) in [5.74, 6) is -2.01. The lowest BCUT2D eigenvalue weighted by Crippen LogP contribution is -2.32. The van der Waals surface area contributed by atoms with E-state index in [2.05, 4.69) is 5.32 Å². The van der Waals surface area contributed by atoms with Crippen molar-refractivity contribution in [3.8, 4) is 5.75 Å². The first kappa shape index (κ1) is 22.9. The van der Waals surface area contributed by atoms with E-state index >= 15 is 0 Å². The van der Waals surface area contributed by atoms with Gasteiger partial charge in [0.1, 0.15) is 5.75 Å². The zero-order chi connectivity index (χ0) is 23.3. The van der Waals surface area contributed by atoms with Crippen LogP contribution in [0.3, 0.4) is 0 Å². The molecule has 1 aromatic carbocycles. The first-order valence-corrected chi connectivity index (χ1v) is 10.3. The number of rotatable bonds is 7. The zero-order valence-corrected chi connectivity index (χ0v) is 18.4. The molecule has 0 fully saturated rings. The number of furan rings is 1. The van der Waals surface area contributed by atoms with Gasteiger partial charge in [0.25, 0.3) is 0 Å². The molecule has 168 valence electrons. The van der Waals surface area contributed by atoms with Gasteiger partial charge in [-0.3, -0.25) is 0 Å². The molecule has 0 atom stereocenters. The lowest BCUT2D eigenvalue weighted by atomic mass is 9.80. The maximum absolute atomic E-state index is 12.8. The number of benzene rings is 1. The van der Waals surface area contributed by atoms with E-state index in [0.29, 0.717) is 33.9 Å². The third-order valence-electron chi connectivity index (χ3n) is 4.90. The van der Waals surface area contributed by atoms with Crippen LogP contribution in [-0.2, 0) is 19.1 Å². The minimum absolute atomic E-state index is 0.0822. The van der Waals surface area contributed by atoms with Crippen molar-refractivity contribution in [2.24, 2.45) is 0 Å². The SMILES string of the molecule is CCOC(=O)C1=C(C)NC(C)=C(C(=O)OCC)C1c1ccc(OC(=O)c2ccco2)cc1. The highest BCUT2D eigenvalue weighted by atomic mass is 16.5. The van der Waals surface area contributed by atoms with Crippen LogP contribution >= 0.6 is 0 Å². The molecule has 0 amide bonds. The first-order chi connectivity index (χ1) is 15.4. The molecule has 3 rings (SSSR count). The third kappa shape index (κ3) is 4.74. The molecular weight excluding hydrogens is 414 g/mol. The summed E-state index contributed by atoms with van der Waals surface area (Å²) in [4.78, 5) is 37.7. The fourth-order valence-electron chi connectivity index (χ4n) is 3.57. The molecule has 1 aromatic heterocycles. The van der Waals surface area contributed by atoms with Crippen LogP contribution in [0.25, 0.3) is 0 Å². The Morgan fingerprint density at radius 3 is 1.91 bits per heavy atom. The van der Waals surface area contributed by atoms with E-state index in [-0.39, 0.29) is 19.0 Å². The summed E-state index contributed by atoms with van der Waals surface area (Å²) in [6.45, 7) is 7.33. The van der Waals surface area contributed by atoms with E-state index < -0.39 is 23.8 Å². The van der Waals surface area contributed by atoms with Gasteiger partial charge in [-0.05, 0) is 57.5 Å². The summed E-state index contributed by atoms with van der Waals surface area (Å²) in [7, 11) is 0. The highest BCUT2D eigenvalue weighted by Gasteiger charge is 2.37. The number of allylic oxidation sites excluding steroid dienone is 2. The molecule has 2 heterocycles. The van der Waals surface area contributed by atoms with Gasteiger partial charge in [0.2, 0.25) is 5.76 Å². The Morgan fingerprint density at radius 2 is 1.44 bits per heavy atom. The van der Waals surface area contributed by atoms with E-state index in [0.717, 1.165) is 0 Å². The molecule has 0 saturated heterocycles. The van der Waals surface area contributed by atoms with Gasteiger partial charge in [0.05, 0.1) is 36.5 Å². The van der Waals surface area contributed by atoms with Crippen molar-refractivity contribution in [1.29, 1.82) is 0 Å². The molecule has 0 saturated carbocycles. The molecule has 8 heteroatoms. The number of ether oxygens (including phenoxy) is 3. The van der Waals surface area contributed by atoms with Gasteiger partial charge < -0.3 is 23.9 Å². The number of carbonyl (C=O) groups is 3. The number of dihydropyridines is 1. The molecular formula is C24H25NO7. The van der Waals surface area contributed by atoms with Gasteiger partial charge in [0.15, 0.2) is 0 Å². The lowest BCUT2D eigenvalue weighted by molar-refractivity contribution is -0.139. The number of carbonyl (C=O) groups excluding carboxylic acids is 3. The molecule has 0 aliphatic carbocycles. The predicted octanol–water partition coefficient (Wildman–Crippen LogP) is 3.86. The molecule has 1 aliphatic heterocycles. The lowest BCUT2D eigenvalue weighted by Gasteiger charge is -2.30. The van der Waals surface area contributed by atoms with E-state index in [1.54, 1.807) is 58.0 Å². The van der Waals surface area contributed by atoms with Crippen LogP contribution in [0.2, 0.25) is 0 Å². The minimum atomic E-state index is -0.704. The summed E-state index contributed by atoms with van der Waals surface area (Å²) in [5, 5.41) is 3.09. The van der Waals surface area contributed by atoms with Gasteiger partial charge in [-0.1, -0.05) is 12.1 Å². The van der Waals surface area contributed by atoms with Crippen molar-refractivity contribution >= 4 is 17.9 Å². The summed E-state index contributed by atoms with van der Waals surface area (Å²) in [6, 6.07) is 9.67. The topological polar surface area (TPSA) is 104 Å². The largest absolute Gasteiger partial charge is 0.463 e. The molecule has 0 unspecified atom stereocenters. The maximum atomic E-state index is 12.8. The Bertz CT molecular complexity index is 1020. The van der Waals surface area contributed by atoms with Gasteiger partial charge in [0, 0.05) is 11.4 Å². The van der Waals surface area contributed by atoms with Crippen molar-refractivity contribution in [3.63, 3.8) is 0 Å². The smallest absolute Gasteiger partial charge is 0.379 e. The van der Waals surface area contributed by atoms with Gasteiger partial charge in [-0.15, -0.1) is 0 Å². The average Bonchev–Trinajstić information content (AvgIpc) is 3.29. The van der Waals surface area contributed by atoms with Crippen molar-refractivity contribution in [2.45, 2.75) is 33.6 Å². The molecule has 0 bridgehead atoms. The third-order valence-corrected chi connectivity index (χ3v) is 4.90. The summed E-state index contributed by atoms with van der Waals surface area (Å²) < 4.78 is 20.9. The van der Waals surface area contributed by atoms with E-state index in [9.17, 15) is 14.4 Å². The molecule has 32 heavy (non-hydrogen) atoms. The zero-order valence-electron chi connectivity index (χ0n) is 18.4. The second-order valence-corrected chi connectivity index (χ2v) is 7.01. The van der Waals surface area contributed by atoms with Crippen molar-refractivity contribution in [3.05, 3.63) is 76.5 Å². The van der Waals surface area contributed by atoms with Crippen molar-refractivity contribution in [2.75, 3.05) is 13.2 Å². The number of esters is 3. The Labute approximate surface area is 185 Å². The maximum Gasteiger partial charge on any atom is 0.379 e. The van der Waals surface area contributed by atoms with Gasteiger partial charge >= 0.3 is 17.9 Å². The summed E-state index contributed by atoms with van der Waals surface area (Å²) >= 11 is 0. The Hall–Kier alpha value is -3.81. The van der Waals surface area contributed by atoms with Gasteiger partial charge in [-0.25, -0.2) is 14.4 Å². The Balaban J connectivity index is 1.98. The molecule has 1 N–H and O–H groups in total. The van der Waals surface area contributed by atoms with Crippen LogP contribution < -0.4 is 10.1 Å². The van der Waals surface area contributed by atoms with E-state index in [1.807, 2.05) is 0 Å². The van der Waals surface area contributed by atoms with E-state index in [1.165, 1.54) is 12.3 Å². The van der Waals surface area contributed by atoms with Crippen LogP contribution in [0.1, 0.15) is 49.7 Å². The fraction of sp³-hybridized carbons (Fsp3) is 0.292. The van der Waals surface area contributed by atoms with E-state index in [4.69, 9.17) is 18.6 Å². The quantitative estimate of drug-likeness (QED) is 0.512. The Morgan fingerprint density at radius 1 is 0.875 bits per heavy atom. The van der Waals surface area contributed by atoms with Crippen molar-refractivity contribution < 1.29 is 33.0 Å². The molecule has 2 aromatic rings. The fourth-order valence-corrected chi connectivity index (χ4v) is 3.57. The minimum Gasteiger partial charge on any atom is -0.463 e. The molecule has 1 aliphatic rings. The highest BCUT2D eigenvalue weighted by Crippen LogP contribution is 2.39. The second kappa shape index (κ2) is 10.00. The summed E-state index contributed by atoms with van der Waals surface area (Å²) in [6.07, 6.45) is 1.38. The van der Waals surface area contributed by atoms with Crippen LogP contribution in [0, 0.1) is 0 Å². The predicted molar refractivity (Wildman–Crippen MR) is 115 cm³/mol. The average molecular weight is 439 g/mol. The van der Waals surface area contributed by atoms with Crippen LogP contribution in [0.4, 0.5) is 0 Å². The van der Waals surface area contributed by atoms with Crippen LogP contribution in [0.15, 0.2) is 69.6 Å². The first-order valence-electron chi connectivity index (χ1n) is 10.3. The highest BCUT2D eigenvalue weighted by molar-refractivity contribution is 6.00. The normalized spacial score (nSPS) is 14.1. The Kier molecular flexibility index (Phi) is 7.14. The van der Waals surface area contributed by atoms with Crippen molar-refractivity contribution in [1.82, 2.24) is 5.32 Å². The standard InChI is InChI=1S/C24H25NO7/c1-5-29-23(27)19-14(3)25-15(4)20(24(28)30-6-2)21(19)16-9-11-17(12-10-16)32-22(26)18-8-7-13-31-18/h7-13,21,25H,5-6H2,1-4H3. The second-order valence-electron chi connectivity index (χ2n) is 7.01. The van der Waals surface area contributed by atoms with Gasteiger partial charge in [-0.2, -0.15) is 0 Å². The number of hydrogen-bond donors (Lipinski definition) is 1. The monoisotopic (exact) mass is 439 g/mol. The molecule has 8 nitrogen and oxygen atoms in total.